The molecule has 1 atom stereocenters. The van der Waals surface area contributed by atoms with E-state index in [2.05, 4.69) is 10.3 Å². The number of carbonyl (C=O) groups excluding carboxylic acids is 1. The molecule has 1 amide bonds. The SMILES string of the molecule is O=C(O)C[C@H](NC(=O)c1cccc(-c2ccc(F)cc2)n1)C(=O)O. The highest BCUT2D eigenvalue weighted by atomic mass is 19.1. The maximum atomic E-state index is 12.9. The lowest BCUT2D eigenvalue weighted by Gasteiger charge is -2.12. The van der Waals surface area contributed by atoms with Gasteiger partial charge in [0.1, 0.15) is 17.6 Å². The minimum atomic E-state index is -1.56. The van der Waals surface area contributed by atoms with Crippen LogP contribution in [0.3, 0.4) is 0 Å². The normalized spacial score (nSPS) is 11.5. The van der Waals surface area contributed by atoms with Gasteiger partial charge < -0.3 is 15.5 Å². The first-order chi connectivity index (χ1) is 11.4. The van der Waals surface area contributed by atoms with E-state index in [1.807, 2.05) is 0 Å². The van der Waals surface area contributed by atoms with E-state index in [4.69, 9.17) is 10.2 Å². The minimum absolute atomic E-state index is 0.0755. The lowest BCUT2D eigenvalue weighted by molar-refractivity contribution is -0.145. The molecule has 24 heavy (non-hydrogen) atoms. The van der Waals surface area contributed by atoms with E-state index < -0.39 is 36.1 Å². The van der Waals surface area contributed by atoms with Gasteiger partial charge in [0, 0.05) is 5.56 Å². The Balaban J connectivity index is 2.21. The highest BCUT2D eigenvalue weighted by Crippen LogP contribution is 2.17. The van der Waals surface area contributed by atoms with Crippen LogP contribution >= 0.6 is 0 Å². The Bertz CT molecular complexity index is 776. The van der Waals surface area contributed by atoms with Crippen molar-refractivity contribution in [1.29, 1.82) is 0 Å². The van der Waals surface area contributed by atoms with Crippen LogP contribution in [0, 0.1) is 5.82 Å². The van der Waals surface area contributed by atoms with Gasteiger partial charge in [0.05, 0.1) is 12.1 Å². The highest BCUT2D eigenvalue weighted by molar-refractivity contribution is 5.96. The molecule has 124 valence electrons. The zero-order valence-corrected chi connectivity index (χ0v) is 12.3. The molecule has 0 bridgehead atoms. The Labute approximate surface area is 135 Å². The van der Waals surface area contributed by atoms with Gasteiger partial charge in [-0.15, -0.1) is 0 Å². The topological polar surface area (TPSA) is 117 Å². The summed E-state index contributed by atoms with van der Waals surface area (Å²) in [7, 11) is 0. The van der Waals surface area contributed by atoms with E-state index in [9.17, 15) is 18.8 Å². The van der Waals surface area contributed by atoms with Crippen LogP contribution in [0.1, 0.15) is 16.9 Å². The molecule has 0 spiro atoms. The van der Waals surface area contributed by atoms with Crippen molar-refractivity contribution in [3.63, 3.8) is 0 Å². The van der Waals surface area contributed by atoms with Crippen LogP contribution < -0.4 is 5.32 Å². The standard InChI is InChI=1S/C16H13FN2O5/c17-10-6-4-9(5-7-10)11-2-1-3-12(18-11)15(22)19-13(16(23)24)8-14(20)21/h1-7,13H,8H2,(H,19,22)(H,20,21)(H,23,24)/t13-/m0/s1. The summed E-state index contributed by atoms with van der Waals surface area (Å²) in [6.07, 6.45) is -0.751. The Morgan fingerprint density at radius 1 is 1.08 bits per heavy atom. The van der Waals surface area contributed by atoms with Crippen molar-refractivity contribution in [3.05, 3.63) is 54.0 Å². The molecule has 0 radical (unpaired) electrons. The smallest absolute Gasteiger partial charge is 0.326 e. The van der Waals surface area contributed by atoms with E-state index in [1.165, 1.54) is 36.4 Å². The number of carboxylic acids is 2. The predicted octanol–water partition coefficient (Wildman–Crippen LogP) is 1.55. The molecular weight excluding hydrogens is 319 g/mol. The van der Waals surface area contributed by atoms with Gasteiger partial charge in [-0.3, -0.25) is 9.59 Å². The number of pyridine rings is 1. The monoisotopic (exact) mass is 332 g/mol. The van der Waals surface area contributed by atoms with Crippen molar-refractivity contribution in [2.75, 3.05) is 0 Å². The largest absolute Gasteiger partial charge is 0.481 e. The lowest BCUT2D eigenvalue weighted by Crippen LogP contribution is -2.42. The fourth-order valence-corrected chi connectivity index (χ4v) is 1.95. The Kier molecular flexibility index (Phi) is 5.20. The molecule has 0 aliphatic carbocycles. The van der Waals surface area contributed by atoms with Gasteiger partial charge in [-0.1, -0.05) is 6.07 Å². The van der Waals surface area contributed by atoms with E-state index >= 15 is 0 Å². The third-order valence-electron chi connectivity index (χ3n) is 3.10. The third-order valence-corrected chi connectivity index (χ3v) is 3.10. The van der Waals surface area contributed by atoms with Gasteiger partial charge >= 0.3 is 11.9 Å². The van der Waals surface area contributed by atoms with Gasteiger partial charge in [0.15, 0.2) is 0 Å². The van der Waals surface area contributed by atoms with Crippen LogP contribution in [-0.4, -0.2) is 39.1 Å². The van der Waals surface area contributed by atoms with Crippen molar-refractivity contribution >= 4 is 17.8 Å². The summed E-state index contributed by atoms with van der Waals surface area (Å²) in [4.78, 5) is 37.8. The van der Waals surface area contributed by atoms with Crippen molar-refractivity contribution < 1.29 is 29.0 Å². The fraction of sp³-hybridized carbons (Fsp3) is 0.125. The molecule has 0 fully saturated rings. The van der Waals surface area contributed by atoms with Crippen LogP contribution in [0.25, 0.3) is 11.3 Å². The number of nitrogens with zero attached hydrogens (tertiary/aromatic N) is 1. The molecule has 0 aliphatic heterocycles. The average molecular weight is 332 g/mol. The third kappa shape index (κ3) is 4.35. The summed E-state index contributed by atoms with van der Waals surface area (Å²) in [6, 6.07) is 8.42. The zero-order chi connectivity index (χ0) is 17.7. The number of hydrogen-bond acceptors (Lipinski definition) is 4. The minimum Gasteiger partial charge on any atom is -0.481 e. The highest BCUT2D eigenvalue weighted by Gasteiger charge is 2.24. The molecule has 1 aromatic carbocycles. The van der Waals surface area contributed by atoms with Crippen LogP contribution in [0.15, 0.2) is 42.5 Å². The molecule has 8 heteroatoms. The number of amides is 1. The van der Waals surface area contributed by atoms with E-state index in [0.29, 0.717) is 11.3 Å². The molecule has 7 nitrogen and oxygen atoms in total. The molecule has 0 aliphatic rings. The summed E-state index contributed by atoms with van der Waals surface area (Å²) in [5.41, 5.74) is 0.896. The maximum Gasteiger partial charge on any atom is 0.326 e. The van der Waals surface area contributed by atoms with Crippen LogP contribution in [0.5, 0.6) is 0 Å². The second-order valence-electron chi connectivity index (χ2n) is 4.88. The van der Waals surface area contributed by atoms with E-state index in [0.717, 1.165) is 0 Å². The molecule has 0 saturated carbocycles. The predicted molar refractivity (Wildman–Crippen MR) is 80.8 cm³/mol. The van der Waals surface area contributed by atoms with Gasteiger partial charge in [-0.25, -0.2) is 14.2 Å². The van der Waals surface area contributed by atoms with Gasteiger partial charge in [0.2, 0.25) is 0 Å². The second-order valence-corrected chi connectivity index (χ2v) is 4.88. The van der Waals surface area contributed by atoms with E-state index in [1.54, 1.807) is 6.07 Å². The first kappa shape index (κ1) is 17.1. The Morgan fingerprint density at radius 2 is 1.75 bits per heavy atom. The Hall–Kier alpha value is -3.29. The summed E-state index contributed by atoms with van der Waals surface area (Å²) in [5.74, 6) is -4.03. The second kappa shape index (κ2) is 7.32. The Morgan fingerprint density at radius 3 is 2.33 bits per heavy atom. The van der Waals surface area contributed by atoms with Crippen LogP contribution in [0.4, 0.5) is 4.39 Å². The number of rotatable bonds is 6. The molecule has 1 heterocycles. The number of nitrogens with one attached hydrogen (secondary N) is 1. The maximum absolute atomic E-state index is 12.9. The number of carbonyl (C=O) groups is 3. The summed E-state index contributed by atoms with van der Waals surface area (Å²) in [6.45, 7) is 0. The first-order valence-corrected chi connectivity index (χ1v) is 6.85. The zero-order valence-electron chi connectivity index (χ0n) is 12.3. The van der Waals surface area contributed by atoms with Crippen LogP contribution in [-0.2, 0) is 9.59 Å². The van der Waals surface area contributed by atoms with Gasteiger partial charge in [-0.2, -0.15) is 0 Å². The quantitative estimate of drug-likeness (QED) is 0.739. The number of hydrogen-bond donors (Lipinski definition) is 3. The van der Waals surface area contributed by atoms with Crippen molar-refractivity contribution in [1.82, 2.24) is 10.3 Å². The first-order valence-electron chi connectivity index (χ1n) is 6.85. The number of carboxylic acid groups (broad SMARTS) is 2. The number of aliphatic carboxylic acids is 2. The van der Waals surface area contributed by atoms with Crippen molar-refractivity contribution in [2.24, 2.45) is 0 Å². The molecule has 1 aromatic heterocycles. The number of aromatic nitrogens is 1. The van der Waals surface area contributed by atoms with Crippen molar-refractivity contribution in [3.8, 4) is 11.3 Å². The molecule has 0 saturated heterocycles. The number of benzene rings is 1. The number of halogens is 1. The average Bonchev–Trinajstić information content (AvgIpc) is 2.54. The molecular formula is C16H13FN2O5. The van der Waals surface area contributed by atoms with E-state index in [-0.39, 0.29) is 5.69 Å². The molecule has 2 aromatic rings. The fourth-order valence-electron chi connectivity index (χ4n) is 1.95. The molecule has 2 rings (SSSR count). The lowest BCUT2D eigenvalue weighted by atomic mass is 10.1. The van der Waals surface area contributed by atoms with Crippen LogP contribution in [0.2, 0.25) is 0 Å². The summed E-state index contributed by atoms with van der Waals surface area (Å²) >= 11 is 0. The molecule has 0 unspecified atom stereocenters. The van der Waals surface area contributed by atoms with Crippen molar-refractivity contribution in [2.45, 2.75) is 12.5 Å². The summed E-state index contributed by atoms with van der Waals surface area (Å²) in [5, 5.41) is 19.7. The van der Waals surface area contributed by atoms with Gasteiger partial charge in [-0.05, 0) is 36.4 Å². The van der Waals surface area contributed by atoms with Gasteiger partial charge in [0.25, 0.3) is 5.91 Å². The summed E-state index contributed by atoms with van der Waals surface area (Å²) < 4.78 is 12.9. The molecule has 3 N–H and O–H groups in total.